The van der Waals surface area contributed by atoms with Crippen LogP contribution in [0.25, 0.3) is 0 Å². The molecule has 132 valence electrons. The largest absolute Gasteiger partial charge is 0.344 e. The molecule has 1 aliphatic carbocycles. The highest BCUT2D eigenvalue weighted by molar-refractivity contribution is 5.88. The fraction of sp³-hybridized carbons (Fsp3) is 0.889. The number of carbonyl (C=O) groups excluding carboxylic acids is 2. The summed E-state index contributed by atoms with van der Waals surface area (Å²) in [7, 11) is 0. The van der Waals surface area contributed by atoms with Crippen molar-refractivity contribution >= 4 is 11.8 Å². The second kappa shape index (κ2) is 8.67. The van der Waals surface area contributed by atoms with Gasteiger partial charge in [0.15, 0.2) is 0 Å². The summed E-state index contributed by atoms with van der Waals surface area (Å²) >= 11 is 0. The number of carbonyl (C=O) groups is 2. The summed E-state index contributed by atoms with van der Waals surface area (Å²) in [6, 6.07) is -0.377. The van der Waals surface area contributed by atoms with Crippen molar-refractivity contribution in [3.05, 3.63) is 0 Å². The van der Waals surface area contributed by atoms with Crippen molar-refractivity contribution in [2.75, 3.05) is 32.7 Å². The van der Waals surface area contributed by atoms with Crippen molar-refractivity contribution in [3.8, 4) is 0 Å². The van der Waals surface area contributed by atoms with Crippen LogP contribution < -0.4 is 5.32 Å². The molecule has 2 amide bonds. The van der Waals surface area contributed by atoms with Crippen LogP contribution in [0.1, 0.15) is 52.9 Å². The molecule has 0 bridgehead atoms. The molecule has 5 heteroatoms. The maximum Gasteiger partial charge on any atom is 0.245 e. The summed E-state index contributed by atoms with van der Waals surface area (Å²) in [5, 5.41) is 3.06. The molecule has 1 saturated carbocycles. The van der Waals surface area contributed by atoms with E-state index in [2.05, 4.69) is 17.1 Å². The number of hydrogen-bond acceptors (Lipinski definition) is 3. The molecule has 5 nitrogen and oxygen atoms in total. The first kappa shape index (κ1) is 18.2. The van der Waals surface area contributed by atoms with Gasteiger partial charge in [0.25, 0.3) is 0 Å². The van der Waals surface area contributed by atoms with Crippen LogP contribution in [0.3, 0.4) is 0 Å². The minimum absolute atomic E-state index is 0.0870. The van der Waals surface area contributed by atoms with Crippen molar-refractivity contribution in [2.24, 2.45) is 11.8 Å². The van der Waals surface area contributed by atoms with E-state index in [9.17, 15) is 9.59 Å². The molecule has 0 aromatic rings. The van der Waals surface area contributed by atoms with E-state index in [4.69, 9.17) is 0 Å². The molecule has 0 radical (unpaired) electrons. The van der Waals surface area contributed by atoms with Crippen LogP contribution in [0.5, 0.6) is 0 Å². The third-order valence-electron chi connectivity index (χ3n) is 5.34. The number of rotatable bonds is 5. The number of piperazine rings is 1. The van der Waals surface area contributed by atoms with Gasteiger partial charge in [0.1, 0.15) is 6.04 Å². The molecular weight excluding hydrogens is 290 g/mol. The maximum atomic E-state index is 12.8. The molecule has 1 atom stereocenters. The molecule has 2 aliphatic rings. The van der Waals surface area contributed by atoms with Gasteiger partial charge in [0.2, 0.25) is 11.8 Å². The monoisotopic (exact) mass is 323 g/mol. The van der Waals surface area contributed by atoms with Crippen molar-refractivity contribution in [3.63, 3.8) is 0 Å². The molecule has 1 N–H and O–H groups in total. The van der Waals surface area contributed by atoms with E-state index in [-0.39, 0.29) is 29.7 Å². The lowest BCUT2D eigenvalue weighted by Gasteiger charge is -2.37. The third kappa shape index (κ3) is 4.93. The summed E-state index contributed by atoms with van der Waals surface area (Å²) in [6.07, 6.45) is 5.45. The van der Waals surface area contributed by atoms with Crippen LogP contribution in [0, 0.1) is 11.8 Å². The van der Waals surface area contributed by atoms with Gasteiger partial charge in [-0.05, 0) is 25.3 Å². The Bertz CT molecular complexity index is 397. The average molecular weight is 323 g/mol. The van der Waals surface area contributed by atoms with Crippen molar-refractivity contribution in [1.29, 1.82) is 0 Å². The Morgan fingerprint density at radius 3 is 2.17 bits per heavy atom. The number of hydrogen-bond donors (Lipinski definition) is 1. The van der Waals surface area contributed by atoms with Gasteiger partial charge in [-0.2, -0.15) is 0 Å². The van der Waals surface area contributed by atoms with Crippen LogP contribution in [-0.4, -0.2) is 60.4 Å². The number of nitrogens with one attached hydrogen (secondary N) is 1. The Kier molecular flexibility index (Phi) is 6.88. The molecule has 2 fully saturated rings. The number of amides is 2. The Balaban J connectivity index is 1.92. The van der Waals surface area contributed by atoms with Crippen molar-refractivity contribution in [1.82, 2.24) is 15.1 Å². The normalized spacial score (nSPS) is 22.2. The van der Waals surface area contributed by atoms with Crippen molar-refractivity contribution in [2.45, 2.75) is 58.9 Å². The van der Waals surface area contributed by atoms with Gasteiger partial charge >= 0.3 is 0 Å². The van der Waals surface area contributed by atoms with Crippen LogP contribution >= 0.6 is 0 Å². The smallest absolute Gasteiger partial charge is 0.245 e. The molecule has 1 heterocycles. The summed E-state index contributed by atoms with van der Waals surface area (Å²) in [5.74, 6) is 0.415. The van der Waals surface area contributed by atoms with E-state index in [0.29, 0.717) is 0 Å². The third-order valence-corrected chi connectivity index (χ3v) is 5.34. The first-order chi connectivity index (χ1) is 11.0. The van der Waals surface area contributed by atoms with E-state index in [1.54, 1.807) is 0 Å². The molecule has 0 aromatic carbocycles. The highest BCUT2D eigenvalue weighted by Crippen LogP contribution is 2.24. The number of likely N-dealkylation sites (N-methyl/N-ethyl adjacent to an activating group) is 1. The molecule has 0 unspecified atom stereocenters. The summed E-state index contributed by atoms with van der Waals surface area (Å²) in [4.78, 5) is 29.6. The van der Waals surface area contributed by atoms with Gasteiger partial charge in [0, 0.05) is 32.1 Å². The maximum absolute atomic E-state index is 12.8. The Hall–Kier alpha value is -1.10. The first-order valence-corrected chi connectivity index (χ1v) is 9.34. The van der Waals surface area contributed by atoms with Gasteiger partial charge < -0.3 is 15.1 Å². The van der Waals surface area contributed by atoms with Gasteiger partial charge in [-0.15, -0.1) is 0 Å². The fourth-order valence-electron chi connectivity index (χ4n) is 3.63. The minimum atomic E-state index is -0.377. The van der Waals surface area contributed by atoms with Gasteiger partial charge in [-0.25, -0.2) is 0 Å². The van der Waals surface area contributed by atoms with Crippen LogP contribution in [0.4, 0.5) is 0 Å². The lowest BCUT2D eigenvalue weighted by atomic mass is 9.88. The van der Waals surface area contributed by atoms with Gasteiger partial charge in [0.05, 0.1) is 0 Å². The van der Waals surface area contributed by atoms with Gasteiger partial charge in [-0.3, -0.25) is 9.59 Å². The van der Waals surface area contributed by atoms with Crippen LogP contribution in [0.2, 0.25) is 0 Å². The lowest BCUT2D eigenvalue weighted by molar-refractivity contribution is -0.140. The second-order valence-electron chi connectivity index (χ2n) is 7.32. The van der Waals surface area contributed by atoms with Gasteiger partial charge in [-0.1, -0.05) is 40.0 Å². The molecule has 1 aliphatic heterocycles. The Labute approximate surface area is 140 Å². The summed E-state index contributed by atoms with van der Waals surface area (Å²) < 4.78 is 0. The minimum Gasteiger partial charge on any atom is -0.344 e. The van der Waals surface area contributed by atoms with Crippen molar-refractivity contribution < 1.29 is 9.59 Å². The average Bonchev–Trinajstić information content (AvgIpc) is 2.59. The lowest BCUT2D eigenvalue weighted by Crippen LogP contribution is -2.57. The zero-order valence-electron chi connectivity index (χ0n) is 15.0. The topological polar surface area (TPSA) is 52.6 Å². The van der Waals surface area contributed by atoms with E-state index < -0.39 is 0 Å². The summed E-state index contributed by atoms with van der Waals surface area (Å²) in [6.45, 7) is 10.6. The van der Waals surface area contributed by atoms with Crippen LogP contribution in [-0.2, 0) is 9.59 Å². The predicted molar refractivity (Wildman–Crippen MR) is 92.0 cm³/mol. The molecule has 0 aromatic heterocycles. The summed E-state index contributed by atoms with van der Waals surface area (Å²) in [5.41, 5.74) is 0. The molecule has 2 rings (SSSR count). The quantitative estimate of drug-likeness (QED) is 0.840. The highest BCUT2D eigenvalue weighted by Gasteiger charge is 2.32. The first-order valence-electron chi connectivity index (χ1n) is 9.34. The highest BCUT2D eigenvalue weighted by atomic mass is 16.2. The van der Waals surface area contributed by atoms with E-state index in [0.717, 1.165) is 58.4 Å². The van der Waals surface area contributed by atoms with E-state index in [1.165, 1.54) is 6.42 Å². The fourth-order valence-corrected chi connectivity index (χ4v) is 3.63. The molecule has 0 spiro atoms. The zero-order valence-corrected chi connectivity index (χ0v) is 15.0. The SMILES string of the molecule is CCN1CCN(C(=O)[C@H](NC(=O)C2CCCCC2)C(C)C)CC1. The second-order valence-corrected chi connectivity index (χ2v) is 7.32. The van der Waals surface area contributed by atoms with Crippen LogP contribution in [0.15, 0.2) is 0 Å². The molecule has 23 heavy (non-hydrogen) atoms. The molecular formula is C18H33N3O2. The standard InChI is InChI=1S/C18H33N3O2/c1-4-20-10-12-21(13-11-20)18(23)16(14(2)3)19-17(22)15-8-6-5-7-9-15/h14-16H,4-13H2,1-3H3,(H,19,22)/t16-/m1/s1. The van der Waals surface area contributed by atoms with E-state index in [1.807, 2.05) is 18.7 Å². The Morgan fingerprint density at radius 1 is 1.04 bits per heavy atom. The zero-order chi connectivity index (χ0) is 16.8. The number of nitrogens with zero attached hydrogens (tertiary/aromatic N) is 2. The molecule has 1 saturated heterocycles. The predicted octanol–water partition coefficient (Wildman–Crippen LogP) is 1.87. The van der Waals surface area contributed by atoms with E-state index >= 15 is 0 Å². The Morgan fingerprint density at radius 2 is 1.65 bits per heavy atom.